The summed E-state index contributed by atoms with van der Waals surface area (Å²) in [4.78, 5) is 19.3. The van der Waals surface area contributed by atoms with Crippen LogP contribution in [0, 0.1) is 11.8 Å². The maximum Gasteiger partial charge on any atom is 0.240 e. The molecule has 1 aromatic rings. The van der Waals surface area contributed by atoms with E-state index in [2.05, 4.69) is 28.2 Å². The van der Waals surface area contributed by atoms with Crippen LogP contribution < -0.4 is 5.32 Å². The zero-order valence-electron chi connectivity index (χ0n) is 13.0. The van der Waals surface area contributed by atoms with Crippen LogP contribution in [0.5, 0.6) is 0 Å². The number of nitrogens with zero attached hydrogens (tertiary/aromatic N) is 2. The summed E-state index contributed by atoms with van der Waals surface area (Å²) < 4.78 is 0. The average Bonchev–Trinajstić information content (AvgIpc) is 2.91. The van der Waals surface area contributed by atoms with Crippen LogP contribution in [0.4, 0.5) is 0 Å². The minimum Gasteiger partial charge on any atom is -0.334 e. The highest BCUT2D eigenvalue weighted by atomic mass is 16.2. The second kappa shape index (κ2) is 6.14. The molecule has 21 heavy (non-hydrogen) atoms. The van der Waals surface area contributed by atoms with Gasteiger partial charge in [0.15, 0.2) is 0 Å². The van der Waals surface area contributed by atoms with Crippen molar-refractivity contribution < 1.29 is 4.79 Å². The van der Waals surface area contributed by atoms with Gasteiger partial charge in [-0.3, -0.25) is 9.78 Å². The van der Waals surface area contributed by atoms with Gasteiger partial charge in [-0.1, -0.05) is 19.4 Å². The van der Waals surface area contributed by atoms with Crippen LogP contribution in [-0.2, 0) is 11.3 Å². The quantitative estimate of drug-likeness (QED) is 0.927. The number of hydrogen-bond donors (Lipinski definition) is 1. The third-order valence-electron chi connectivity index (χ3n) is 5.20. The highest BCUT2D eigenvalue weighted by Crippen LogP contribution is 2.39. The maximum absolute atomic E-state index is 13.0. The first-order valence-corrected chi connectivity index (χ1v) is 8.07. The largest absolute Gasteiger partial charge is 0.334 e. The summed E-state index contributed by atoms with van der Waals surface area (Å²) in [5.74, 6) is 1.34. The lowest BCUT2D eigenvalue weighted by Crippen LogP contribution is -2.49. The second-order valence-electron chi connectivity index (χ2n) is 6.57. The Morgan fingerprint density at radius 1 is 1.43 bits per heavy atom. The van der Waals surface area contributed by atoms with Crippen molar-refractivity contribution in [3.05, 3.63) is 30.1 Å². The minimum absolute atomic E-state index is 0.0488. The molecule has 4 atom stereocenters. The van der Waals surface area contributed by atoms with E-state index in [1.165, 1.54) is 12.8 Å². The number of nitrogens with one attached hydrogen (secondary N) is 1. The Labute approximate surface area is 126 Å². The molecule has 3 rings (SSSR count). The first-order valence-electron chi connectivity index (χ1n) is 8.07. The number of carbonyl (C=O) groups excluding carboxylic acids is 1. The molecule has 0 bridgehead atoms. The molecule has 114 valence electrons. The van der Waals surface area contributed by atoms with Crippen LogP contribution in [0.2, 0.25) is 0 Å². The summed E-state index contributed by atoms with van der Waals surface area (Å²) >= 11 is 0. The van der Waals surface area contributed by atoms with Crippen molar-refractivity contribution >= 4 is 5.91 Å². The molecule has 1 N–H and O–H groups in total. The standard InChI is InChI=1S/C17H25N3O/c1-12-9-14-6-3-7-15(14)20(17(21)16(12)18-2)11-13-5-4-8-19-10-13/h4-5,8,10,12,14-16,18H,3,6-7,9,11H2,1-2H3. The van der Waals surface area contributed by atoms with Gasteiger partial charge in [0.05, 0.1) is 6.04 Å². The number of pyridine rings is 1. The zero-order valence-corrected chi connectivity index (χ0v) is 13.0. The lowest BCUT2D eigenvalue weighted by molar-refractivity contribution is -0.136. The van der Waals surface area contributed by atoms with Crippen LogP contribution in [-0.4, -0.2) is 34.9 Å². The molecule has 4 nitrogen and oxygen atoms in total. The highest BCUT2D eigenvalue weighted by Gasteiger charge is 2.42. The second-order valence-corrected chi connectivity index (χ2v) is 6.57. The van der Waals surface area contributed by atoms with Gasteiger partial charge in [0.25, 0.3) is 0 Å². The summed E-state index contributed by atoms with van der Waals surface area (Å²) in [5, 5.41) is 3.24. The number of likely N-dealkylation sites (tertiary alicyclic amines) is 1. The molecule has 1 aliphatic heterocycles. The normalized spacial score (nSPS) is 32.9. The Morgan fingerprint density at radius 2 is 2.29 bits per heavy atom. The molecule has 1 saturated carbocycles. The minimum atomic E-state index is -0.0488. The molecule has 0 aromatic carbocycles. The molecule has 2 heterocycles. The monoisotopic (exact) mass is 287 g/mol. The third kappa shape index (κ3) is 2.82. The van der Waals surface area contributed by atoms with E-state index in [0.717, 1.165) is 18.4 Å². The summed E-state index contributed by atoms with van der Waals surface area (Å²) in [6.07, 6.45) is 8.49. The van der Waals surface area contributed by atoms with Gasteiger partial charge in [-0.2, -0.15) is 0 Å². The van der Waals surface area contributed by atoms with Gasteiger partial charge in [0.1, 0.15) is 0 Å². The van der Waals surface area contributed by atoms with E-state index in [4.69, 9.17) is 0 Å². The van der Waals surface area contributed by atoms with Crippen LogP contribution >= 0.6 is 0 Å². The van der Waals surface area contributed by atoms with Crippen LogP contribution in [0.1, 0.15) is 38.2 Å². The van der Waals surface area contributed by atoms with E-state index in [1.807, 2.05) is 19.3 Å². The van der Waals surface area contributed by atoms with Gasteiger partial charge >= 0.3 is 0 Å². The van der Waals surface area contributed by atoms with Crippen molar-refractivity contribution in [3.8, 4) is 0 Å². The molecule has 2 aliphatic rings. The Balaban J connectivity index is 1.88. The first-order chi connectivity index (χ1) is 10.2. The topological polar surface area (TPSA) is 45.2 Å². The molecular weight excluding hydrogens is 262 g/mol. The molecule has 1 aromatic heterocycles. The molecule has 0 radical (unpaired) electrons. The van der Waals surface area contributed by atoms with Gasteiger partial charge in [0.2, 0.25) is 5.91 Å². The zero-order chi connectivity index (χ0) is 14.8. The van der Waals surface area contributed by atoms with Crippen LogP contribution in [0.15, 0.2) is 24.5 Å². The van der Waals surface area contributed by atoms with E-state index in [0.29, 0.717) is 24.4 Å². The number of rotatable bonds is 3. The van der Waals surface area contributed by atoms with Gasteiger partial charge < -0.3 is 10.2 Å². The van der Waals surface area contributed by atoms with Crippen molar-refractivity contribution in [2.24, 2.45) is 11.8 Å². The number of carbonyl (C=O) groups is 1. The highest BCUT2D eigenvalue weighted by molar-refractivity contribution is 5.83. The van der Waals surface area contributed by atoms with Crippen molar-refractivity contribution in [2.75, 3.05) is 7.05 Å². The number of aromatic nitrogens is 1. The lowest BCUT2D eigenvalue weighted by Gasteiger charge is -2.32. The molecule has 2 fully saturated rings. The Bertz CT molecular complexity index is 490. The van der Waals surface area contributed by atoms with Gasteiger partial charge in [-0.05, 0) is 49.8 Å². The van der Waals surface area contributed by atoms with Crippen molar-refractivity contribution in [2.45, 2.75) is 51.2 Å². The van der Waals surface area contributed by atoms with Crippen molar-refractivity contribution in [1.82, 2.24) is 15.2 Å². The smallest absolute Gasteiger partial charge is 0.240 e. The fourth-order valence-corrected chi connectivity index (χ4v) is 4.19. The summed E-state index contributed by atoms with van der Waals surface area (Å²) in [6, 6.07) is 4.38. The molecule has 1 aliphatic carbocycles. The third-order valence-corrected chi connectivity index (χ3v) is 5.20. The molecule has 1 saturated heterocycles. The van der Waals surface area contributed by atoms with E-state index < -0.39 is 0 Å². The number of hydrogen-bond acceptors (Lipinski definition) is 3. The van der Waals surface area contributed by atoms with E-state index in [-0.39, 0.29) is 11.9 Å². The Morgan fingerprint density at radius 3 is 3.00 bits per heavy atom. The Kier molecular flexibility index (Phi) is 4.24. The van der Waals surface area contributed by atoms with Crippen LogP contribution in [0.3, 0.4) is 0 Å². The van der Waals surface area contributed by atoms with E-state index in [1.54, 1.807) is 6.20 Å². The van der Waals surface area contributed by atoms with Gasteiger partial charge in [0, 0.05) is 25.0 Å². The van der Waals surface area contributed by atoms with E-state index in [9.17, 15) is 4.79 Å². The summed E-state index contributed by atoms with van der Waals surface area (Å²) in [6.45, 7) is 2.90. The fraction of sp³-hybridized carbons (Fsp3) is 0.647. The SMILES string of the molecule is CNC1C(=O)N(Cc2cccnc2)C2CCCC2CC1C. The predicted octanol–water partition coefficient (Wildman–Crippen LogP) is 2.21. The lowest BCUT2D eigenvalue weighted by atomic mass is 9.90. The molecule has 0 spiro atoms. The molecular formula is C17H25N3O. The van der Waals surface area contributed by atoms with Crippen molar-refractivity contribution in [3.63, 3.8) is 0 Å². The number of likely N-dealkylation sites (N-methyl/N-ethyl adjacent to an activating group) is 1. The number of amides is 1. The number of fused-ring (bicyclic) bond motifs is 1. The molecule has 4 heteroatoms. The fourth-order valence-electron chi connectivity index (χ4n) is 4.19. The summed E-state index contributed by atoms with van der Waals surface area (Å²) in [7, 11) is 1.91. The average molecular weight is 287 g/mol. The molecule has 4 unspecified atom stereocenters. The summed E-state index contributed by atoms with van der Waals surface area (Å²) in [5.41, 5.74) is 1.13. The first kappa shape index (κ1) is 14.5. The van der Waals surface area contributed by atoms with E-state index >= 15 is 0 Å². The van der Waals surface area contributed by atoms with Gasteiger partial charge in [-0.15, -0.1) is 0 Å². The van der Waals surface area contributed by atoms with Crippen molar-refractivity contribution in [1.29, 1.82) is 0 Å². The van der Waals surface area contributed by atoms with Gasteiger partial charge in [-0.25, -0.2) is 0 Å². The Hall–Kier alpha value is -1.42. The predicted molar refractivity (Wildman–Crippen MR) is 82.5 cm³/mol. The molecule has 1 amide bonds. The van der Waals surface area contributed by atoms with Crippen LogP contribution in [0.25, 0.3) is 0 Å². The maximum atomic E-state index is 13.0.